The fourth-order valence-corrected chi connectivity index (χ4v) is 1.78. The van der Waals surface area contributed by atoms with E-state index in [4.69, 9.17) is 9.84 Å². The van der Waals surface area contributed by atoms with Crippen LogP contribution in [0.15, 0.2) is 24.3 Å². The number of ether oxygens (including phenoxy) is 1. The summed E-state index contributed by atoms with van der Waals surface area (Å²) in [6, 6.07) is 5.83. The molecule has 2 amide bonds. The minimum atomic E-state index is -0.425. The highest BCUT2D eigenvalue weighted by Gasteiger charge is 2.11. The fraction of sp³-hybridized carbons (Fsp3) is 0.533. The van der Waals surface area contributed by atoms with Crippen molar-refractivity contribution in [1.29, 1.82) is 0 Å². The van der Waals surface area contributed by atoms with Crippen LogP contribution >= 0.6 is 0 Å². The average molecular weight is 298 g/mol. The molecular weight excluding hydrogens is 275 g/mol. The Morgan fingerprint density at radius 3 is 2.76 bits per heavy atom. The molecule has 1 rings (SSSR count). The predicted octanol–water partition coefficient (Wildman–Crippen LogP) is 2.05. The van der Waals surface area contributed by atoms with Gasteiger partial charge in [0.1, 0.15) is 6.10 Å². The first-order chi connectivity index (χ1) is 10.0. The van der Waals surface area contributed by atoms with Crippen molar-refractivity contribution in [2.45, 2.75) is 38.8 Å². The first kappa shape index (κ1) is 17.2. The smallest absolute Gasteiger partial charge is 0.315 e. The second-order valence-electron chi connectivity index (χ2n) is 4.98. The number of amides is 2. The van der Waals surface area contributed by atoms with E-state index in [1.54, 1.807) is 25.1 Å². The van der Waals surface area contributed by atoms with Crippen molar-refractivity contribution in [2.75, 3.05) is 13.2 Å². The van der Waals surface area contributed by atoms with Crippen LogP contribution in [0.2, 0.25) is 0 Å². The topological polar surface area (TPSA) is 70.6 Å². The van der Waals surface area contributed by atoms with Gasteiger partial charge in [-0.2, -0.15) is 0 Å². The monoisotopic (exact) mass is 298 g/mol. The van der Waals surface area contributed by atoms with Gasteiger partial charge in [0, 0.05) is 12.6 Å². The van der Waals surface area contributed by atoms with Crippen LogP contribution < -0.4 is 15.4 Å². The molecule has 0 aliphatic rings. The third kappa shape index (κ3) is 6.94. The number of nitrogens with one attached hydrogen (secondary N) is 2. The second-order valence-corrected chi connectivity index (χ2v) is 4.98. The van der Waals surface area contributed by atoms with Crippen molar-refractivity contribution < 1.29 is 19.0 Å². The number of aliphatic hydroxyl groups is 1. The number of rotatable bonds is 8. The van der Waals surface area contributed by atoms with E-state index in [0.717, 1.165) is 0 Å². The molecule has 2 atom stereocenters. The highest BCUT2D eigenvalue weighted by molar-refractivity contribution is 5.74. The summed E-state index contributed by atoms with van der Waals surface area (Å²) >= 11 is 0. The second kappa shape index (κ2) is 9.18. The maximum atomic E-state index is 13.4. The number of hydrogen-bond acceptors (Lipinski definition) is 3. The summed E-state index contributed by atoms with van der Waals surface area (Å²) < 4.78 is 18.8. The molecule has 0 spiro atoms. The minimum absolute atomic E-state index is 0.0139. The maximum Gasteiger partial charge on any atom is 0.315 e. The molecule has 118 valence electrons. The van der Waals surface area contributed by atoms with Crippen LogP contribution in [-0.4, -0.2) is 36.4 Å². The predicted molar refractivity (Wildman–Crippen MR) is 78.8 cm³/mol. The van der Waals surface area contributed by atoms with Crippen molar-refractivity contribution in [3.63, 3.8) is 0 Å². The van der Waals surface area contributed by atoms with E-state index in [1.165, 1.54) is 6.07 Å². The quantitative estimate of drug-likeness (QED) is 0.688. The summed E-state index contributed by atoms with van der Waals surface area (Å²) in [6.45, 7) is 4.00. The molecule has 2 unspecified atom stereocenters. The van der Waals surface area contributed by atoms with Gasteiger partial charge in [0.05, 0.1) is 6.54 Å². The summed E-state index contributed by atoms with van der Waals surface area (Å²) in [5, 5.41) is 14.1. The van der Waals surface area contributed by atoms with Crippen molar-refractivity contribution in [1.82, 2.24) is 10.6 Å². The number of hydrogen-bond donors (Lipinski definition) is 3. The Morgan fingerprint density at radius 2 is 2.10 bits per heavy atom. The lowest BCUT2D eigenvalue weighted by atomic mass is 10.2. The highest BCUT2D eigenvalue weighted by atomic mass is 19.1. The van der Waals surface area contributed by atoms with Gasteiger partial charge in [-0.25, -0.2) is 9.18 Å². The minimum Gasteiger partial charge on any atom is -0.486 e. The Labute approximate surface area is 124 Å². The number of para-hydroxylation sites is 1. The van der Waals surface area contributed by atoms with Crippen LogP contribution in [0.5, 0.6) is 5.75 Å². The first-order valence-electron chi connectivity index (χ1n) is 7.09. The Bertz CT molecular complexity index is 443. The van der Waals surface area contributed by atoms with E-state index < -0.39 is 5.82 Å². The summed E-state index contributed by atoms with van der Waals surface area (Å²) in [7, 11) is 0. The summed E-state index contributed by atoms with van der Waals surface area (Å²) in [5.74, 6) is -0.255. The normalized spacial score (nSPS) is 13.3. The lowest BCUT2D eigenvalue weighted by molar-refractivity contribution is 0.199. The van der Waals surface area contributed by atoms with Crippen LogP contribution in [0.1, 0.15) is 26.7 Å². The fourth-order valence-electron chi connectivity index (χ4n) is 1.78. The zero-order valence-electron chi connectivity index (χ0n) is 12.4. The Morgan fingerprint density at radius 1 is 1.38 bits per heavy atom. The SMILES string of the molecule is CC(CCCO)NC(=O)NCC(C)Oc1ccccc1F. The molecule has 0 aliphatic heterocycles. The van der Waals surface area contributed by atoms with Gasteiger partial charge in [0.2, 0.25) is 0 Å². The zero-order valence-corrected chi connectivity index (χ0v) is 12.4. The number of carbonyl (C=O) groups is 1. The molecule has 0 heterocycles. The molecule has 0 aromatic heterocycles. The molecule has 3 N–H and O–H groups in total. The largest absolute Gasteiger partial charge is 0.486 e. The lowest BCUT2D eigenvalue weighted by Crippen LogP contribution is -2.44. The third-order valence-corrected chi connectivity index (χ3v) is 2.89. The summed E-state index contributed by atoms with van der Waals surface area (Å²) in [5.41, 5.74) is 0. The van der Waals surface area contributed by atoms with Crippen LogP contribution in [0.4, 0.5) is 9.18 Å². The van der Waals surface area contributed by atoms with E-state index in [1.807, 2.05) is 6.92 Å². The number of benzene rings is 1. The number of urea groups is 1. The van der Waals surface area contributed by atoms with Gasteiger partial charge < -0.3 is 20.5 Å². The van der Waals surface area contributed by atoms with Gasteiger partial charge in [0.25, 0.3) is 0 Å². The Hall–Kier alpha value is -1.82. The van der Waals surface area contributed by atoms with Crippen LogP contribution in [-0.2, 0) is 0 Å². The Balaban J connectivity index is 2.28. The standard InChI is InChI=1S/C15H23FN2O3/c1-11(6-5-9-19)18-15(20)17-10-12(2)21-14-8-4-3-7-13(14)16/h3-4,7-8,11-12,19H,5-6,9-10H2,1-2H3,(H2,17,18,20). The molecule has 0 saturated heterocycles. The van der Waals surface area contributed by atoms with E-state index in [2.05, 4.69) is 10.6 Å². The highest BCUT2D eigenvalue weighted by Crippen LogP contribution is 2.16. The lowest BCUT2D eigenvalue weighted by Gasteiger charge is -2.18. The third-order valence-electron chi connectivity index (χ3n) is 2.89. The van der Waals surface area contributed by atoms with Gasteiger partial charge in [-0.1, -0.05) is 12.1 Å². The molecular formula is C15H23FN2O3. The van der Waals surface area contributed by atoms with Crippen molar-refractivity contribution >= 4 is 6.03 Å². The number of carbonyl (C=O) groups excluding carboxylic acids is 1. The molecule has 1 aromatic carbocycles. The van der Waals surface area contributed by atoms with Gasteiger partial charge in [-0.3, -0.25) is 0 Å². The zero-order chi connectivity index (χ0) is 15.7. The van der Waals surface area contributed by atoms with Gasteiger partial charge in [0.15, 0.2) is 11.6 Å². The van der Waals surface area contributed by atoms with Gasteiger partial charge in [-0.15, -0.1) is 0 Å². The molecule has 0 fully saturated rings. The number of aliphatic hydroxyl groups excluding tert-OH is 1. The van der Waals surface area contributed by atoms with Crippen molar-refractivity contribution in [3.05, 3.63) is 30.1 Å². The van der Waals surface area contributed by atoms with Gasteiger partial charge >= 0.3 is 6.03 Å². The van der Waals surface area contributed by atoms with Crippen LogP contribution in [0, 0.1) is 5.82 Å². The molecule has 0 radical (unpaired) electrons. The molecule has 0 aliphatic carbocycles. The Kier molecular flexibility index (Phi) is 7.53. The molecule has 0 saturated carbocycles. The maximum absolute atomic E-state index is 13.4. The number of halogens is 1. The molecule has 0 bridgehead atoms. The average Bonchev–Trinajstić information content (AvgIpc) is 2.45. The van der Waals surface area contributed by atoms with Crippen molar-refractivity contribution in [2.24, 2.45) is 0 Å². The van der Waals surface area contributed by atoms with E-state index in [9.17, 15) is 9.18 Å². The van der Waals surface area contributed by atoms with E-state index in [-0.39, 0.29) is 37.1 Å². The van der Waals surface area contributed by atoms with Crippen molar-refractivity contribution in [3.8, 4) is 5.75 Å². The molecule has 6 heteroatoms. The summed E-state index contributed by atoms with van der Waals surface area (Å²) in [6.07, 6.45) is 1.01. The van der Waals surface area contributed by atoms with Crippen LogP contribution in [0.25, 0.3) is 0 Å². The van der Waals surface area contributed by atoms with E-state index >= 15 is 0 Å². The van der Waals surface area contributed by atoms with E-state index in [0.29, 0.717) is 12.8 Å². The van der Waals surface area contributed by atoms with Crippen LogP contribution in [0.3, 0.4) is 0 Å². The van der Waals surface area contributed by atoms with Gasteiger partial charge in [-0.05, 0) is 38.8 Å². The first-order valence-corrected chi connectivity index (χ1v) is 7.09. The molecule has 21 heavy (non-hydrogen) atoms. The molecule has 1 aromatic rings. The summed E-state index contributed by atoms with van der Waals surface area (Å²) in [4.78, 5) is 11.6. The molecule has 5 nitrogen and oxygen atoms in total.